The van der Waals surface area contributed by atoms with Crippen molar-refractivity contribution in [1.29, 1.82) is 0 Å². The zero-order valence-corrected chi connectivity index (χ0v) is 12.5. The number of rotatable bonds is 6. The molecule has 0 radical (unpaired) electrons. The van der Waals surface area contributed by atoms with Crippen LogP contribution in [0.25, 0.3) is 0 Å². The van der Waals surface area contributed by atoms with Crippen LogP contribution >= 0.6 is 0 Å². The summed E-state index contributed by atoms with van der Waals surface area (Å²) in [5, 5.41) is 16.2. The van der Waals surface area contributed by atoms with Crippen LogP contribution in [-0.4, -0.2) is 11.5 Å². The Morgan fingerprint density at radius 1 is 1.10 bits per heavy atom. The van der Waals surface area contributed by atoms with Gasteiger partial charge in [-0.2, -0.15) is 0 Å². The van der Waals surface area contributed by atoms with Crippen LogP contribution < -0.4 is 4.74 Å². The lowest BCUT2D eigenvalue weighted by Crippen LogP contribution is -1.99. The summed E-state index contributed by atoms with van der Waals surface area (Å²) in [4.78, 5) is 0.626. The molecule has 0 amide bonds. The van der Waals surface area contributed by atoms with Crippen LogP contribution in [0.4, 0.5) is 11.4 Å². The molecule has 0 saturated carbocycles. The minimum Gasteiger partial charge on any atom is -0.594 e. The molecule has 110 valence electrons. The molecule has 0 aliphatic rings. The highest BCUT2D eigenvalue weighted by Gasteiger charge is 2.11. The van der Waals surface area contributed by atoms with Crippen LogP contribution in [0.3, 0.4) is 0 Å². The number of para-hydroxylation sites is 2. The molecular weight excluding hydrogens is 264 g/mol. The quantitative estimate of drug-likeness (QED) is 0.320. The fourth-order valence-electron chi connectivity index (χ4n) is 1.93. The van der Waals surface area contributed by atoms with Crippen LogP contribution in [0.5, 0.6) is 5.75 Å². The average Bonchev–Trinajstić information content (AvgIpc) is 2.51. The predicted octanol–water partition coefficient (Wildman–Crippen LogP) is 5.10. The molecule has 0 fully saturated rings. The molecule has 4 heteroatoms. The smallest absolute Gasteiger partial charge is 0.244 e. The van der Waals surface area contributed by atoms with Gasteiger partial charge in [-0.3, -0.25) is 0 Å². The Bertz CT molecular complexity index is 609. The standard InChI is InChI=1S/C17H20N2O2/c1-3-4-13-21-17-14(2)9-8-12-16(17)18-19(20)15-10-6-5-7-11-15/h5-12H,3-4,13H2,1-2H3. The van der Waals surface area contributed by atoms with E-state index < -0.39 is 0 Å². The molecule has 2 aromatic carbocycles. The van der Waals surface area contributed by atoms with Crippen LogP contribution in [0, 0.1) is 12.1 Å². The molecule has 0 N–H and O–H groups in total. The van der Waals surface area contributed by atoms with Crippen molar-refractivity contribution < 1.29 is 9.60 Å². The Morgan fingerprint density at radius 3 is 2.57 bits per heavy atom. The summed E-state index contributed by atoms with van der Waals surface area (Å²) < 4.78 is 5.79. The minimum absolute atomic E-state index is 0.499. The van der Waals surface area contributed by atoms with Gasteiger partial charge in [0.2, 0.25) is 5.69 Å². The largest absolute Gasteiger partial charge is 0.594 e. The van der Waals surface area contributed by atoms with E-state index in [0.717, 1.165) is 18.4 Å². The van der Waals surface area contributed by atoms with E-state index in [1.54, 1.807) is 18.2 Å². The number of azo groups is 1. The third kappa shape index (κ3) is 4.05. The number of benzene rings is 2. The van der Waals surface area contributed by atoms with Gasteiger partial charge in [-0.25, -0.2) is 0 Å². The minimum atomic E-state index is 0.499. The molecule has 0 bridgehead atoms. The van der Waals surface area contributed by atoms with Gasteiger partial charge in [0.25, 0.3) is 0 Å². The van der Waals surface area contributed by atoms with E-state index in [1.807, 2.05) is 37.3 Å². The molecule has 0 saturated heterocycles. The second-order valence-electron chi connectivity index (χ2n) is 4.83. The lowest BCUT2D eigenvalue weighted by molar-refractivity contribution is -0.435. The third-order valence-electron chi connectivity index (χ3n) is 3.11. The van der Waals surface area contributed by atoms with Gasteiger partial charge in [-0.1, -0.05) is 43.7 Å². The van der Waals surface area contributed by atoms with Gasteiger partial charge in [0.15, 0.2) is 11.4 Å². The number of hydrogen-bond donors (Lipinski definition) is 0. The van der Waals surface area contributed by atoms with Gasteiger partial charge in [0, 0.05) is 17.2 Å². The second kappa shape index (κ2) is 7.43. The van der Waals surface area contributed by atoms with Crippen molar-refractivity contribution in [3.8, 4) is 5.75 Å². The van der Waals surface area contributed by atoms with Gasteiger partial charge >= 0.3 is 0 Å². The number of aryl methyl sites for hydroxylation is 1. The number of ether oxygens (including phenoxy) is 1. The van der Waals surface area contributed by atoms with E-state index in [9.17, 15) is 5.21 Å². The average molecular weight is 284 g/mol. The van der Waals surface area contributed by atoms with Gasteiger partial charge in [-0.05, 0) is 29.8 Å². The Morgan fingerprint density at radius 2 is 1.86 bits per heavy atom. The Hall–Kier alpha value is -2.36. The summed E-state index contributed by atoms with van der Waals surface area (Å²) in [6, 6.07) is 14.6. The van der Waals surface area contributed by atoms with Crippen molar-refractivity contribution >= 4 is 11.4 Å². The Labute approximate surface area is 125 Å². The van der Waals surface area contributed by atoms with E-state index in [4.69, 9.17) is 4.74 Å². The number of nitrogens with zero attached hydrogens (tertiary/aromatic N) is 2. The summed E-state index contributed by atoms with van der Waals surface area (Å²) in [5.41, 5.74) is 2.04. The van der Waals surface area contributed by atoms with E-state index in [0.29, 0.717) is 28.6 Å². The predicted molar refractivity (Wildman–Crippen MR) is 83.4 cm³/mol. The highest BCUT2D eigenvalue weighted by molar-refractivity contribution is 5.55. The van der Waals surface area contributed by atoms with Gasteiger partial charge < -0.3 is 9.94 Å². The van der Waals surface area contributed by atoms with E-state index >= 15 is 0 Å². The topological polar surface area (TPSA) is 47.7 Å². The molecule has 0 aliphatic heterocycles. The maximum atomic E-state index is 12.1. The van der Waals surface area contributed by atoms with Crippen molar-refractivity contribution in [3.05, 3.63) is 59.3 Å². The van der Waals surface area contributed by atoms with Crippen LogP contribution in [0.15, 0.2) is 53.6 Å². The highest BCUT2D eigenvalue weighted by Crippen LogP contribution is 2.32. The zero-order valence-electron chi connectivity index (χ0n) is 12.5. The molecule has 0 unspecified atom stereocenters. The van der Waals surface area contributed by atoms with Crippen LogP contribution in [0.2, 0.25) is 0 Å². The van der Waals surface area contributed by atoms with E-state index in [1.165, 1.54) is 0 Å². The summed E-state index contributed by atoms with van der Waals surface area (Å²) in [7, 11) is 0. The normalized spacial score (nSPS) is 11.4. The fraction of sp³-hybridized carbons (Fsp3) is 0.294. The lowest BCUT2D eigenvalue weighted by atomic mass is 10.2. The number of unbranched alkanes of at least 4 members (excludes halogenated alkanes) is 1. The summed E-state index contributed by atoms with van der Waals surface area (Å²) in [6.45, 7) is 4.70. The van der Waals surface area contributed by atoms with Gasteiger partial charge in [0.1, 0.15) is 0 Å². The first-order valence-corrected chi connectivity index (χ1v) is 7.18. The molecule has 0 spiro atoms. The molecule has 2 rings (SSSR count). The molecule has 0 aromatic heterocycles. The van der Waals surface area contributed by atoms with Crippen molar-refractivity contribution in [2.75, 3.05) is 6.61 Å². The van der Waals surface area contributed by atoms with E-state index in [2.05, 4.69) is 12.0 Å². The summed E-state index contributed by atoms with van der Waals surface area (Å²) in [5.74, 6) is 0.683. The lowest BCUT2D eigenvalue weighted by Gasteiger charge is -2.10. The van der Waals surface area contributed by atoms with Crippen LogP contribution in [-0.2, 0) is 0 Å². The maximum absolute atomic E-state index is 12.1. The second-order valence-corrected chi connectivity index (χ2v) is 4.83. The fourth-order valence-corrected chi connectivity index (χ4v) is 1.93. The number of hydrogen-bond acceptors (Lipinski definition) is 3. The van der Waals surface area contributed by atoms with Crippen molar-refractivity contribution in [1.82, 2.24) is 0 Å². The first-order chi connectivity index (χ1) is 10.2. The van der Waals surface area contributed by atoms with Crippen LogP contribution in [0.1, 0.15) is 25.3 Å². The monoisotopic (exact) mass is 284 g/mol. The molecule has 2 aromatic rings. The molecule has 21 heavy (non-hydrogen) atoms. The molecule has 0 aliphatic carbocycles. The van der Waals surface area contributed by atoms with Crippen molar-refractivity contribution in [2.45, 2.75) is 26.7 Å². The molecule has 0 heterocycles. The van der Waals surface area contributed by atoms with Gasteiger partial charge in [-0.15, -0.1) is 0 Å². The van der Waals surface area contributed by atoms with Crippen molar-refractivity contribution in [2.24, 2.45) is 5.11 Å². The molecule has 0 atom stereocenters. The maximum Gasteiger partial charge on any atom is 0.244 e. The third-order valence-corrected chi connectivity index (χ3v) is 3.11. The molecular formula is C17H20N2O2. The molecule has 4 nitrogen and oxygen atoms in total. The summed E-state index contributed by atoms with van der Waals surface area (Å²) in [6.07, 6.45) is 2.05. The Balaban J connectivity index is 2.29. The SMILES string of the molecule is CCCCOc1c(C)cccc1N=[N+]([O-])c1ccccc1. The summed E-state index contributed by atoms with van der Waals surface area (Å²) >= 11 is 0. The Kier molecular flexibility index (Phi) is 5.32. The highest BCUT2D eigenvalue weighted by atomic mass is 16.5. The van der Waals surface area contributed by atoms with Crippen molar-refractivity contribution in [3.63, 3.8) is 0 Å². The van der Waals surface area contributed by atoms with Gasteiger partial charge in [0.05, 0.1) is 6.61 Å². The first-order valence-electron chi connectivity index (χ1n) is 7.18. The zero-order chi connectivity index (χ0) is 15.1. The first kappa shape index (κ1) is 15.0. The van der Waals surface area contributed by atoms with E-state index in [-0.39, 0.29) is 0 Å².